The van der Waals surface area contributed by atoms with Crippen LogP contribution in [0.4, 0.5) is 11.6 Å². The summed E-state index contributed by atoms with van der Waals surface area (Å²) in [7, 11) is 4.05. The fourth-order valence-corrected chi connectivity index (χ4v) is 3.49. The maximum Gasteiger partial charge on any atom is 0.247 e. The van der Waals surface area contributed by atoms with Crippen LogP contribution in [0.25, 0.3) is 16.9 Å². The van der Waals surface area contributed by atoms with Crippen LogP contribution in [0.5, 0.6) is 17.2 Å². The Balaban J connectivity index is 1.35. The maximum absolute atomic E-state index is 5.75. The Morgan fingerprint density at radius 1 is 1.00 bits per heavy atom. The Kier molecular flexibility index (Phi) is 5.51. The second kappa shape index (κ2) is 8.76. The number of aromatic nitrogens is 3. The first kappa shape index (κ1) is 20.1. The summed E-state index contributed by atoms with van der Waals surface area (Å²) in [5.41, 5.74) is 3.55. The van der Waals surface area contributed by atoms with Crippen molar-refractivity contribution in [3.05, 3.63) is 60.7 Å². The highest BCUT2D eigenvalue weighted by Gasteiger charge is 2.15. The average Bonchev–Trinajstić information content (AvgIpc) is 3.22. The molecule has 8 nitrogen and oxygen atoms in total. The molecule has 0 saturated carbocycles. The molecule has 2 aromatic heterocycles. The minimum Gasteiger partial charge on any atom is -0.492 e. The van der Waals surface area contributed by atoms with Crippen LogP contribution in [0.2, 0.25) is 0 Å². The Morgan fingerprint density at radius 2 is 1.81 bits per heavy atom. The van der Waals surface area contributed by atoms with Crippen molar-refractivity contribution in [1.82, 2.24) is 19.5 Å². The van der Waals surface area contributed by atoms with Crippen LogP contribution in [-0.4, -0.2) is 60.0 Å². The number of pyridine rings is 1. The molecule has 3 heterocycles. The van der Waals surface area contributed by atoms with E-state index in [0.717, 1.165) is 46.4 Å². The van der Waals surface area contributed by atoms with Crippen molar-refractivity contribution in [1.29, 1.82) is 0 Å². The normalized spacial score (nSPS) is 12.8. The summed E-state index contributed by atoms with van der Waals surface area (Å²) in [5.74, 6) is 2.87. The third-order valence-electron chi connectivity index (χ3n) is 5.12. The largest absolute Gasteiger partial charge is 0.492 e. The van der Waals surface area contributed by atoms with Gasteiger partial charge in [-0.3, -0.25) is 0 Å². The molecular weight excluding hydrogens is 406 g/mol. The topological polar surface area (TPSA) is 73.2 Å². The second-order valence-corrected chi connectivity index (χ2v) is 7.78. The molecule has 0 saturated heterocycles. The van der Waals surface area contributed by atoms with Gasteiger partial charge in [0, 0.05) is 17.8 Å². The van der Waals surface area contributed by atoms with Crippen molar-refractivity contribution in [2.24, 2.45) is 0 Å². The molecule has 2 aromatic carbocycles. The second-order valence-electron chi connectivity index (χ2n) is 7.78. The standard InChI is InChI=1S/C24H25N5O3/c1-28(2)12-13-30-19-9-7-18(8-10-19)25-24-26-23-5-3-4-20(29(23)27-24)17-6-11-21-22(16-17)32-15-14-31-21/h3-11,16H,12-15H2,1-2H3,(H,25,27). The Labute approximate surface area is 186 Å². The zero-order chi connectivity index (χ0) is 21.9. The number of hydrogen-bond donors (Lipinski definition) is 1. The molecule has 32 heavy (non-hydrogen) atoms. The Bertz CT molecular complexity index is 1220. The van der Waals surface area contributed by atoms with Crippen molar-refractivity contribution in [2.45, 2.75) is 0 Å². The van der Waals surface area contributed by atoms with Gasteiger partial charge in [0.2, 0.25) is 5.95 Å². The number of ether oxygens (including phenoxy) is 3. The van der Waals surface area contributed by atoms with Crippen LogP contribution in [0.1, 0.15) is 0 Å². The van der Waals surface area contributed by atoms with Crippen LogP contribution in [0.15, 0.2) is 60.7 Å². The molecule has 0 aliphatic carbocycles. The molecule has 0 bridgehead atoms. The van der Waals surface area contributed by atoms with Gasteiger partial charge in [0.1, 0.15) is 25.6 Å². The summed E-state index contributed by atoms with van der Waals surface area (Å²) in [5, 5.41) is 7.95. The number of fused-ring (bicyclic) bond motifs is 2. The van der Waals surface area contributed by atoms with E-state index in [0.29, 0.717) is 25.8 Å². The van der Waals surface area contributed by atoms with Gasteiger partial charge >= 0.3 is 0 Å². The van der Waals surface area contributed by atoms with Gasteiger partial charge in [-0.25, -0.2) is 4.52 Å². The van der Waals surface area contributed by atoms with E-state index < -0.39 is 0 Å². The highest BCUT2D eigenvalue weighted by Crippen LogP contribution is 2.34. The molecule has 0 atom stereocenters. The smallest absolute Gasteiger partial charge is 0.247 e. The first-order valence-corrected chi connectivity index (χ1v) is 10.6. The highest BCUT2D eigenvalue weighted by molar-refractivity contribution is 5.68. The average molecular weight is 431 g/mol. The third-order valence-corrected chi connectivity index (χ3v) is 5.12. The number of likely N-dealkylation sites (N-methyl/N-ethyl adjacent to an activating group) is 1. The molecule has 1 aliphatic rings. The van der Waals surface area contributed by atoms with Crippen molar-refractivity contribution in [3.8, 4) is 28.5 Å². The molecular formula is C24H25N5O3. The molecule has 0 spiro atoms. The van der Waals surface area contributed by atoms with E-state index in [9.17, 15) is 0 Å². The molecule has 1 aliphatic heterocycles. The van der Waals surface area contributed by atoms with E-state index in [4.69, 9.17) is 14.2 Å². The van der Waals surface area contributed by atoms with Gasteiger partial charge in [-0.15, -0.1) is 5.10 Å². The number of nitrogens with zero attached hydrogens (tertiary/aromatic N) is 4. The number of hydrogen-bond acceptors (Lipinski definition) is 7. The van der Waals surface area contributed by atoms with Gasteiger partial charge < -0.3 is 24.4 Å². The molecule has 5 rings (SSSR count). The number of nitrogens with one attached hydrogen (secondary N) is 1. The van der Waals surface area contributed by atoms with Gasteiger partial charge in [-0.1, -0.05) is 6.07 Å². The zero-order valence-corrected chi connectivity index (χ0v) is 18.1. The van der Waals surface area contributed by atoms with E-state index in [1.54, 1.807) is 0 Å². The molecule has 0 unspecified atom stereocenters. The lowest BCUT2D eigenvalue weighted by Crippen LogP contribution is -2.19. The molecule has 0 amide bonds. The lowest BCUT2D eigenvalue weighted by Gasteiger charge is -2.19. The molecule has 1 N–H and O–H groups in total. The SMILES string of the molecule is CN(C)CCOc1ccc(Nc2nc3cccc(-c4ccc5c(c4)OCCO5)n3n2)cc1. The first-order valence-electron chi connectivity index (χ1n) is 10.6. The van der Waals surface area contributed by atoms with Crippen molar-refractivity contribution in [2.75, 3.05) is 45.8 Å². The van der Waals surface area contributed by atoms with E-state index in [-0.39, 0.29) is 0 Å². The summed E-state index contributed by atoms with van der Waals surface area (Å²) in [6, 6.07) is 19.6. The molecule has 8 heteroatoms. The quantitative estimate of drug-likeness (QED) is 0.476. The fourth-order valence-electron chi connectivity index (χ4n) is 3.49. The van der Waals surface area contributed by atoms with Gasteiger partial charge in [0.25, 0.3) is 0 Å². The summed E-state index contributed by atoms with van der Waals surface area (Å²) in [4.78, 5) is 6.71. The van der Waals surface area contributed by atoms with Crippen molar-refractivity contribution >= 4 is 17.3 Å². The maximum atomic E-state index is 5.75. The summed E-state index contributed by atoms with van der Waals surface area (Å²) < 4.78 is 18.9. The molecule has 0 radical (unpaired) electrons. The molecule has 0 fully saturated rings. The minimum absolute atomic E-state index is 0.524. The predicted octanol–water partition coefficient (Wildman–Crippen LogP) is 3.85. The number of benzene rings is 2. The number of rotatable bonds is 7. The van der Waals surface area contributed by atoms with Crippen LogP contribution in [0, 0.1) is 0 Å². The summed E-state index contributed by atoms with van der Waals surface area (Å²) >= 11 is 0. The highest BCUT2D eigenvalue weighted by atomic mass is 16.6. The van der Waals surface area contributed by atoms with Crippen LogP contribution in [0.3, 0.4) is 0 Å². The number of anilines is 2. The van der Waals surface area contributed by atoms with Crippen LogP contribution >= 0.6 is 0 Å². The fraction of sp³-hybridized carbons (Fsp3) is 0.250. The van der Waals surface area contributed by atoms with E-state index in [2.05, 4.69) is 20.3 Å². The van der Waals surface area contributed by atoms with Gasteiger partial charge in [-0.05, 0) is 68.7 Å². The summed E-state index contributed by atoms with van der Waals surface area (Å²) in [6.07, 6.45) is 0. The van der Waals surface area contributed by atoms with Crippen molar-refractivity contribution in [3.63, 3.8) is 0 Å². The molecule has 164 valence electrons. The summed E-state index contributed by atoms with van der Waals surface area (Å²) in [6.45, 7) is 2.65. The van der Waals surface area contributed by atoms with Gasteiger partial charge in [-0.2, -0.15) is 4.98 Å². The van der Waals surface area contributed by atoms with E-state index in [1.807, 2.05) is 79.3 Å². The third kappa shape index (κ3) is 4.31. The monoisotopic (exact) mass is 431 g/mol. The van der Waals surface area contributed by atoms with E-state index in [1.165, 1.54) is 0 Å². The lowest BCUT2D eigenvalue weighted by molar-refractivity contribution is 0.171. The Hall–Kier alpha value is -3.78. The lowest BCUT2D eigenvalue weighted by atomic mass is 10.1. The first-order chi connectivity index (χ1) is 15.7. The van der Waals surface area contributed by atoms with Crippen LogP contribution in [-0.2, 0) is 0 Å². The van der Waals surface area contributed by atoms with Crippen molar-refractivity contribution < 1.29 is 14.2 Å². The predicted molar refractivity (Wildman–Crippen MR) is 123 cm³/mol. The molecule has 4 aromatic rings. The Morgan fingerprint density at radius 3 is 2.62 bits per heavy atom. The zero-order valence-electron chi connectivity index (χ0n) is 18.1. The van der Waals surface area contributed by atoms with Gasteiger partial charge in [0.15, 0.2) is 17.1 Å². The van der Waals surface area contributed by atoms with E-state index >= 15 is 0 Å². The minimum atomic E-state index is 0.524. The van der Waals surface area contributed by atoms with Crippen LogP contribution < -0.4 is 19.5 Å². The van der Waals surface area contributed by atoms with Gasteiger partial charge in [0.05, 0.1) is 5.69 Å².